The number of H-pyrrole nitrogens is 1. The summed E-state index contributed by atoms with van der Waals surface area (Å²) in [5.41, 5.74) is 5.98. The van der Waals surface area contributed by atoms with Gasteiger partial charge in [0.05, 0.1) is 7.11 Å². The molecule has 2 aromatic rings. The molecule has 4 heteroatoms. The number of nitrogens with one attached hydrogen (secondary N) is 2. The molecule has 0 spiro atoms. The number of hydrogen-bond acceptors (Lipinski definition) is 3. The number of piperidine rings is 1. The van der Waals surface area contributed by atoms with Crippen LogP contribution in [-0.2, 0) is 6.54 Å². The van der Waals surface area contributed by atoms with E-state index in [-0.39, 0.29) is 0 Å². The monoisotopic (exact) mass is 259 g/mol. The molecule has 2 N–H and O–H groups in total. The van der Waals surface area contributed by atoms with E-state index in [0.29, 0.717) is 0 Å². The Morgan fingerprint density at radius 3 is 2.89 bits per heavy atom. The minimum atomic E-state index is 0.868. The second-order valence-electron chi connectivity index (χ2n) is 5.11. The molecule has 19 heavy (non-hydrogen) atoms. The van der Waals surface area contributed by atoms with Gasteiger partial charge in [0.2, 0.25) is 0 Å². The maximum atomic E-state index is 5.30. The number of ether oxygens (including phenoxy) is 1. The van der Waals surface area contributed by atoms with Crippen LogP contribution in [0.3, 0.4) is 0 Å². The van der Waals surface area contributed by atoms with E-state index >= 15 is 0 Å². The average Bonchev–Trinajstić information content (AvgIpc) is 2.88. The third-order valence-corrected chi connectivity index (χ3v) is 3.82. The zero-order valence-corrected chi connectivity index (χ0v) is 11.4. The number of aromatic amines is 1. The molecule has 0 bridgehead atoms. The lowest BCUT2D eigenvalue weighted by molar-refractivity contribution is 0.151. The van der Waals surface area contributed by atoms with E-state index in [0.717, 1.165) is 30.9 Å². The Kier molecular flexibility index (Phi) is 3.71. The molecule has 0 unspecified atom stereocenters. The maximum Gasteiger partial charge on any atom is 0.119 e. The van der Waals surface area contributed by atoms with E-state index in [1.54, 1.807) is 7.11 Å². The molecule has 0 aliphatic carbocycles. The van der Waals surface area contributed by atoms with E-state index in [2.05, 4.69) is 33.7 Å². The van der Waals surface area contributed by atoms with E-state index in [9.17, 15) is 0 Å². The van der Waals surface area contributed by atoms with Crippen LogP contribution < -0.4 is 10.2 Å². The second kappa shape index (κ2) is 5.63. The number of hydrogen-bond donors (Lipinski definition) is 2. The van der Waals surface area contributed by atoms with Gasteiger partial charge in [0.1, 0.15) is 5.75 Å². The zero-order chi connectivity index (χ0) is 13.1. The van der Waals surface area contributed by atoms with Crippen molar-refractivity contribution in [1.82, 2.24) is 15.4 Å². The molecule has 0 saturated carbocycles. The summed E-state index contributed by atoms with van der Waals surface area (Å²) in [6.45, 7) is 3.19. The van der Waals surface area contributed by atoms with Gasteiger partial charge in [0, 0.05) is 36.7 Å². The van der Waals surface area contributed by atoms with Gasteiger partial charge in [-0.3, -0.25) is 5.43 Å². The summed E-state index contributed by atoms with van der Waals surface area (Å²) in [6.07, 6.45) is 6.05. The number of fused-ring (bicyclic) bond motifs is 1. The normalized spacial score (nSPS) is 16.9. The van der Waals surface area contributed by atoms with Gasteiger partial charge in [-0.25, -0.2) is 5.01 Å². The summed E-state index contributed by atoms with van der Waals surface area (Å²) >= 11 is 0. The highest BCUT2D eigenvalue weighted by molar-refractivity contribution is 5.84. The van der Waals surface area contributed by atoms with Crippen molar-refractivity contribution >= 4 is 10.9 Å². The molecular formula is C15H21N3O. The van der Waals surface area contributed by atoms with Gasteiger partial charge in [0.15, 0.2) is 0 Å². The molecular weight excluding hydrogens is 238 g/mol. The summed E-state index contributed by atoms with van der Waals surface area (Å²) < 4.78 is 5.30. The minimum absolute atomic E-state index is 0.868. The summed E-state index contributed by atoms with van der Waals surface area (Å²) in [6, 6.07) is 6.15. The standard InChI is InChI=1S/C15H21N3O/c1-19-13-5-6-15-14(9-13)12(10-16-15)11-17-18-7-3-2-4-8-18/h5-6,9-10,16-17H,2-4,7-8,11H2,1H3. The Morgan fingerprint density at radius 1 is 1.26 bits per heavy atom. The lowest BCUT2D eigenvalue weighted by atomic mass is 10.1. The highest BCUT2D eigenvalue weighted by Crippen LogP contribution is 2.23. The Hall–Kier alpha value is -1.52. The van der Waals surface area contributed by atoms with E-state index in [1.807, 2.05) is 6.07 Å². The van der Waals surface area contributed by atoms with Crippen LogP contribution in [0.5, 0.6) is 5.75 Å². The van der Waals surface area contributed by atoms with Crippen LogP contribution in [-0.4, -0.2) is 30.2 Å². The van der Waals surface area contributed by atoms with Crippen molar-refractivity contribution in [2.45, 2.75) is 25.8 Å². The number of methoxy groups -OCH3 is 1. The molecule has 0 radical (unpaired) electrons. The van der Waals surface area contributed by atoms with Crippen LogP contribution in [0.4, 0.5) is 0 Å². The van der Waals surface area contributed by atoms with Gasteiger partial charge < -0.3 is 9.72 Å². The summed E-state index contributed by atoms with van der Waals surface area (Å²) in [5, 5.41) is 3.58. The van der Waals surface area contributed by atoms with Gasteiger partial charge in [-0.1, -0.05) is 6.42 Å². The molecule has 1 aromatic heterocycles. The lowest BCUT2D eigenvalue weighted by Crippen LogP contribution is -2.41. The third kappa shape index (κ3) is 2.74. The van der Waals surface area contributed by atoms with Gasteiger partial charge in [0.25, 0.3) is 0 Å². The van der Waals surface area contributed by atoms with E-state index < -0.39 is 0 Å². The van der Waals surface area contributed by atoms with Gasteiger partial charge in [-0.2, -0.15) is 0 Å². The Labute approximate surface area is 113 Å². The van der Waals surface area contributed by atoms with Crippen molar-refractivity contribution in [3.05, 3.63) is 30.0 Å². The van der Waals surface area contributed by atoms with Crippen molar-refractivity contribution in [3.63, 3.8) is 0 Å². The fourth-order valence-corrected chi connectivity index (χ4v) is 2.68. The van der Waals surface area contributed by atoms with Crippen molar-refractivity contribution in [1.29, 1.82) is 0 Å². The topological polar surface area (TPSA) is 40.3 Å². The van der Waals surface area contributed by atoms with Gasteiger partial charge >= 0.3 is 0 Å². The fourth-order valence-electron chi connectivity index (χ4n) is 2.68. The molecule has 3 rings (SSSR count). The van der Waals surface area contributed by atoms with Crippen molar-refractivity contribution in [3.8, 4) is 5.75 Å². The van der Waals surface area contributed by atoms with Crippen LogP contribution in [0.25, 0.3) is 10.9 Å². The van der Waals surface area contributed by atoms with Crippen LogP contribution in [0.2, 0.25) is 0 Å². The molecule has 1 fully saturated rings. The summed E-state index contributed by atoms with van der Waals surface area (Å²) in [4.78, 5) is 3.31. The van der Waals surface area contributed by atoms with Gasteiger partial charge in [-0.05, 0) is 36.6 Å². The first-order valence-corrected chi connectivity index (χ1v) is 6.99. The van der Waals surface area contributed by atoms with E-state index in [1.165, 1.54) is 30.2 Å². The number of hydrazine groups is 1. The van der Waals surface area contributed by atoms with Crippen molar-refractivity contribution in [2.75, 3.05) is 20.2 Å². The van der Waals surface area contributed by atoms with Crippen LogP contribution >= 0.6 is 0 Å². The Bertz CT molecular complexity index is 543. The molecule has 1 saturated heterocycles. The number of aromatic nitrogens is 1. The molecule has 4 nitrogen and oxygen atoms in total. The molecule has 102 valence electrons. The minimum Gasteiger partial charge on any atom is -0.497 e. The average molecular weight is 259 g/mol. The predicted octanol–water partition coefficient (Wildman–Crippen LogP) is 2.67. The predicted molar refractivity (Wildman–Crippen MR) is 77.1 cm³/mol. The highest BCUT2D eigenvalue weighted by atomic mass is 16.5. The van der Waals surface area contributed by atoms with Crippen LogP contribution in [0.15, 0.2) is 24.4 Å². The molecule has 0 amide bonds. The number of rotatable bonds is 4. The molecule has 0 atom stereocenters. The third-order valence-electron chi connectivity index (χ3n) is 3.82. The second-order valence-corrected chi connectivity index (χ2v) is 5.11. The smallest absolute Gasteiger partial charge is 0.119 e. The first-order valence-electron chi connectivity index (χ1n) is 6.99. The van der Waals surface area contributed by atoms with Crippen molar-refractivity contribution < 1.29 is 4.74 Å². The number of benzene rings is 1. The summed E-state index contributed by atoms with van der Waals surface area (Å²) in [7, 11) is 1.71. The van der Waals surface area contributed by atoms with E-state index in [4.69, 9.17) is 4.74 Å². The maximum absolute atomic E-state index is 5.30. The van der Waals surface area contributed by atoms with Gasteiger partial charge in [-0.15, -0.1) is 0 Å². The molecule has 1 aliphatic rings. The van der Waals surface area contributed by atoms with Crippen molar-refractivity contribution in [2.24, 2.45) is 0 Å². The summed E-state index contributed by atoms with van der Waals surface area (Å²) in [5.74, 6) is 0.909. The molecule has 1 aliphatic heterocycles. The Balaban J connectivity index is 1.72. The first kappa shape index (κ1) is 12.5. The largest absolute Gasteiger partial charge is 0.497 e. The molecule has 1 aromatic carbocycles. The van der Waals surface area contributed by atoms with Crippen LogP contribution in [0.1, 0.15) is 24.8 Å². The fraction of sp³-hybridized carbons (Fsp3) is 0.467. The quantitative estimate of drug-likeness (QED) is 0.887. The Morgan fingerprint density at radius 2 is 2.11 bits per heavy atom. The lowest BCUT2D eigenvalue weighted by Gasteiger charge is -2.27. The first-order chi connectivity index (χ1) is 9.36. The molecule has 2 heterocycles. The number of nitrogens with zero attached hydrogens (tertiary/aromatic N) is 1. The zero-order valence-electron chi connectivity index (χ0n) is 11.4. The SMILES string of the molecule is COc1ccc2[nH]cc(CNN3CCCCC3)c2c1. The van der Waals surface area contributed by atoms with Crippen LogP contribution in [0, 0.1) is 0 Å². The highest BCUT2D eigenvalue weighted by Gasteiger charge is 2.10.